The van der Waals surface area contributed by atoms with Crippen molar-refractivity contribution in [3.63, 3.8) is 0 Å². The molecule has 1 saturated heterocycles. The van der Waals surface area contributed by atoms with Gasteiger partial charge in [-0.1, -0.05) is 29.3 Å². The van der Waals surface area contributed by atoms with Gasteiger partial charge in [-0.2, -0.15) is 0 Å². The number of carbonyl (C=O) groups excluding carboxylic acids is 3. The maximum absolute atomic E-state index is 12.5. The average molecular weight is 425 g/mol. The molecular weight excluding hydrogens is 411 g/mol. The number of hydrogen-bond donors (Lipinski definition) is 1. The Labute approximate surface area is 169 Å². The summed E-state index contributed by atoms with van der Waals surface area (Å²) in [5.41, 5.74) is 0.591. The number of aryl methyl sites for hydroxylation is 1. The van der Waals surface area contributed by atoms with Crippen molar-refractivity contribution in [3.05, 3.63) is 62.4 Å². The van der Waals surface area contributed by atoms with Crippen LogP contribution in [-0.2, 0) is 4.79 Å². The van der Waals surface area contributed by atoms with Gasteiger partial charge in [-0.05, 0) is 54.6 Å². The van der Waals surface area contributed by atoms with Gasteiger partial charge in [0.05, 0.1) is 4.91 Å². The van der Waals surface area contributed by atoms with Crippen LogP contribution in [0.1, 0.15) is 21.9 Å². The molecule has 1 fully saturated rings. The lowest BCUT2D eigenvalue weighted by molar-refractivity contribution is -0.122. The van der Waals surface area contributed by atoms with Gasteiger partial charge in [0.2, 0.25) is 0 Å². The van der Waals surface area contributed by atoms with Gasteiger partial charge < -0.3 is 9.73 Å². The highest BCUT2D eigenvalue weighted by atomic mass is 35.5. The van der Waals surface area contributed by atoms with Crippen molar-refractivity contribution in [2.24, 2.45) is 0 Å². The number of nitrogens with one attached hydrogen (secondary N) is 1. The van der Waals surface area contributed by atoms with E-state index in [0.29, 0.717) is 21.4 Å². The predicted molar refractivity (Wildman–Crippen MR) is 105 cm³/mol. The standard InChI is InChI=1S/C18H14Cl2N2O4S/c1-10-2-5-14(26-10)16(23)21-6-7-22-17(24)15(27-18(22)25)8-11-3-4-12(19)9-13(11)20/h2-5,8-9H,6-7H2,1H3,(H,21,23). The van der Waals surface area contributed by atoms with E-state index in [1.54, 1.807) is 43.3 Å². The zero-order valence-electron chi connectivity index (χ0n) is 14.1. The Morgan fingerprint density at radius 3 is 2.70 bits per heavy atom. The minimum Gasteiger partial charge on any atom is -0.456 e. The lowest BCUT2D eigenvalue weighted by Crippen LogP contribution is -2.37. The number of halogens is 2. The topological polar surface area (TPSA) is 79.6 Å². The molecule has 3 rings (SSSR count). The highest BCUT2D eigenvalue weighted by molar-refractivity contribution is 8.18. The van der Waals surface area contributed by atoms with Gasteiger partial charge in [0.1, 0.15) is 5.76 Å². The molecule has 0 spiro atoms. The largest absolute Gasteiger partial charge is 0.456 e. The molecule has 0 unspecified atom stereocenters. The minimum absolute atomic E-state index is 0.0573. The summed E-state index contributed by atoms with van der Waals surface area (Å²) in [4.78, 5) is 37.8. The van der Waals surface area contributed by atoms with Gasteiger partial charge in [-0.3, -0.25) is 19.3 Å². The van der Waals surface area contributed by atoms with E-state index < -0.39 is 17.1 Å². The molecule has 1 N–H and O–H groups in total. The van der Waals surface area contributed by atoms with Crippen LogP contribution in [0.5, 0.6) is 0 Å². The van der Waals surface area contributed by atoms with Crippen molar-refractivity contribution in [2.45, 2.75) is 6.92 Å². The zero-order valence-corrected chi connectivity index (χ0v) is 16.5. The van der Waals surface area contributed by atoms with Crippen LogP contribution < -0.4 is 5.32 Å². The highest BCUT2D eigenvalue weighted by Crippen LogP contribution is 2.33. The molecule has 1 aliphatic heterocycles. The molecule has 0 bridgehead atoms. The van der Waals surface area contributed by atoms with Gasteiger partial charge in [0, 0.05) is 23.1 Å². The van der Waals surface area contributed by atoms with Gasteiger partial charge in [-0.15, -0.1) is 0 Å². The minimum atomic E-state index is -0.431. The van der Waals surface area contributed by atoms with E-state index in [4.69, 9.17) is 27.6 Å². The van der Waals surface area contributed by atoms with E-state index in [0.717, 1.165) is 16.7 Å². The number of hydrogen-bond acceptors (Lipinski definition) is 5. The molecule has 27 heavy (non-hydrogen) atoms. The Bertz CT molecular complexity index is 955. The number of benzene rings is 1. The van der Waals surface area contributed by atoms with Crippen molar-refractivity contribution >= 4 is 58.1 Å². The molecule has 9 heteroatoms. The van der Waals surface area contributed by atoms with Crippen LogP contribution in [0, 0.1) is 6.92 Å². The van der Waals surface area contributed by atoms with Gasteiger partial charge in [0.15, 0.2) is 5.76 Å². The maximum Gasteiger partial charge on any atom is 0.293 e. The number of thioether (sulfide) groups is 1. The van der Waals surface area contributed by atoms with E-state index in [2.05, 4.69) is 5.32 Å². The second kappa shape index (κ2) is 8.21. The Balaban J connectivity index is 1.62. The summed E-state index contributed by atoms with van der Waals surface area (Å²) in [7, 11) is 0. The average Bonchev–Trinajstić information content (AvgIpc) is 3.15. The third-order valence-electron chi connectivity index (χ3n) is 3.71. The smallest absolute Gasteiger partial charge is 0.293 e. The fourth-order valence-electron chi connectivity index (χ4n) is 2.38. The second-order valence-electron chi connectivity index (χ2n) is 5.67. The van der Waals surface area contributed by atoms with E-state index in [-0.39, 0.29) is 23.8 Å². The van der Waals surface area contributed by atoms with Crippen molar-refractivity contribution in [1.82, 2.24) is 10.2 Å². The fraction of sp³-hybridized carbons (Fsp3) is 0.167. The number of furan rings is 1. The normalized spacial score (nSPS) is 15.7. The van der Waals surface area contributed by atoms with Crippen LogP contribution in [0.15, 0.2) is 39.7 Å². The first kappa shape index (κ1) is 19.5. The Kier molecular flexibility index (Phi) is 5.94. The highest BCUT2D eigenvalue weighted by Gasteiger charge is 2.34. The van der Waals surface area contributed by atoms with Crippen LogP contribution in [0.2, 0.25) is 10.0 Å². The molecule has 1 aromatic heterocycles. The summed E-state index contributed by atoms with van der Waals surface area (Å²) in [6.45, 7) is 1.91. The van der Waals surface area contributed by atoms with Crippen LogP contribution in [-0.4, -0.2) is 35.0 Å². The van der Waals surface area contributed by atoms with Crippen LogP contribution in [0.3, 0.4) is 0 Å². The van der Waals surface area contributed by atoms with E-state index in [1.165, 1.54) is 0 Å². The fourth-order valence-corrected chi connectivity index (χ4v) is 3.70. The predicted octanol–water partition coefficient (Wildman–Crippen LogP) is 4.36. The molecule has 0 radical (unpaired) electrons. The summed E-state index contributed by atoms with van der Waals surface area (Å²) >= 11 is 12.8. The van der Waals surface area contributed by atoms with Gasteiger partial charge in [-0.25, -0.2) is 0 Å². The number of rotatable bonds is 5. The summed E-state index contributed by atoms with van der Waals surface area (Å²) < 4.78 is 5.22. The SMILES string of the molecule is Cc1ccc(C(=O)NCCN2C(=O)SC(=Cc3ccc(Cl)cc3Cl)C2=O)o1. The molecule has 1 aliphatic rings. The van der Waals surface area contributed by atoms with Crippen molar-refractivity contribution in [3.8, 4) is 0 Å². The zero-order chi connectivity index (χ0) is 19.6. The van der Waals surface area contributed by atoms with Gasteiger partial charge >= 0.3 is 0 Å². The Morgan fingerprint density at radius 1 is 1.26 bits per heavy atom. The first-order valence-electron chi connectivity index (χ1n) is 7.90. The van der Waals surface area contributed by atoms with E-state index >= 15 is 0 Å². The molecule has 140 valence electrons. The molecular formula is C18H14Cl2N2O4S. The Hall–Kier alpha value is -2.22. The molecule has 6 nitrogen and oxygen atoms in total. The third-order valence-corrected chi connectivity index (χ3v) is 5.18. The van der Waals surface area contributed by atoms with Crippen molar-refractivity contribution in [2.75, 3.05) is 13.1 Å². The molecule has 3 amide bonds. The summed E-state index contributed by atoms with van der Waals surface area (Å²) in [6.07, 6.45) is 1.55. The third kappa shape index (κ3) is 4.55. The summed E-state index contributed by atoms with van der Waals surface area (Å²) in [5.74, 6) is -0.0336. The monoisotopic (exact) mass is 424 g/mol. The first-order valence-corrected chi connectivity index (χ1v) is 9.47. The molecule has 1 aromatic carbocycles. The van der Waals surface area contributed by atoms with E-state index in [9.17, 15) is 14.4 Å². The van der Waals surface area contributed by atoms with E-state index in [1.807, 2.05) is 0 Å². The van der Waals surface area contributed by atoms with Gasteiger partial charge in [0.25, 0.3) is 17.1 Å². The van der Waals surface area contributed by atoms with Crippen LogP contribution in [0.25, 0.3) is 6.08 Å². The number of imide groups is 1. The first-order chi connectivity index (χ1) is 12.8. The summed E-state index contributed by atoms with van der Waals surface area (Å²) in [5, 5.41) is 3.08. The maximum atomic E-state index is 12.5. The quantitative estimate of drug-likeness (QED) is 0.721. The molecule has 2 aromatic rings. The Morgan fingerprint density at radius 2 is 2.04 bits per heavy atom. The molecule has 0 saturated carbocycles. The molecule has 2 heterocycles. The number of amides is 3. The molecule has 0 atom stereocenters. The summed E-state index contributed by atoms with van der Waals surface area (Å²) in [6, 6.07) is 8.12. The second-order valence-corrected chi connectivity index (χ2v) is 7.50. The number of nitrogens with zero attached hydrogens (tertiary/aromatic N) is 1. The van der Waals surface area contributed by atoms with Crippen molar-refractivity contribution < 1.29 is 18.8 Å². The van der Waals surface area contributed by atoms with Crippen LogP contribution >= 0.6 is 35.0 Å². The van der Waals surface area contributed by atoms with Crippen molar-refractivity contribution in [1.29, 1.82) is 0 Å². The number of carbonyl (C=O) groups is 3. The lowest BCUT2D eigenvalue weighted by Gasteiger charge is -2.12. The molecule has 0 aliphatic carbocycles. The van der Waals surface area contributed by atoms with Crippen LogP contribution in [0.4, 0.5) is 4.79 Å². The lowest BCUT2D eigenvalue weighted by atomic mass is 10.2.